The molecule has 2 unspecified atom stereocenters. The van der Waals surface area contributed by atoms with E-state index < -0.39 is 21.1 Å². The Labute approximate surface area is 100 Å². The minimum atomic E-state index is -3.25. The van der Waals surface area contributed by atoms with E-state index in [2.05, 4.69) is 15.4 Å². The Morgan fingerprint density at radius 1 is 1.41 bits per heavy atom. The highest BCUT2D eigenvalue weighted by molar-refractivity contribution is 7.91. The van der Waals surface area contributed by atoms with Crippen molar-refractivity contribution < 1.29 is 13.2 Å². The number of nitrogens with two attached hydrogens (primary N) is 1. The summed E-state index contributed by atoms with van der Waals surface area (Å²) in [7, 11) is -1.82. The molecule has 0 saturated carbocycles. The van der Waals surface area contributed by atoms with Crippen LogP contribution < -0.4 is 16.0 Å². The summed E-state index contributed by atoms with van der Waals surface area (Å²) in [5.74, 6) is 5.64. The van der Waals surface area contributed by atoms with Crippen molar-refractivity contribution in [3.8, 4) is 5.88 Å². The van der Waals surface area contributed by atoms with E-state index in [0.29, 0.717) is 5.69 Å². The molecule has 0 bridgehead atoms. The molecule has 0 aromatic carbocycles. The number of methoxy groups -OCH3 is 1. The molecular weight excluding hydrogens is 244 g/mol. The number of nitrogens with zero attached hydrogens (tertiary/aromatic N) is 2. The van der Waals surface area contributed by atoms with Gasteiger partial charge in [0, 0.05) is 18.6 Å². The van der Waals surface area contributed by atoms with Crippen molar-refractivity contribution in [2.75, 3.05) is 13.4 Å². The van der Waals surface area contributed by atoms with E-state index >= 15 is 0 Å². The Balaban J connectivity index is 3.18. The van der Waals surface area contributed by atoms with Crippen LogP contribution in [-0.4, -0.2) is 37.0 Å². The van der Waals surface area contributed by atoms with Gasteiger partial charge >= 0.3 is 0 Å². The lowest BCUT2D eigenvalue weighted by atomic mass is 10.1. The molecule has 17 heavy (non-hydrogen) atoms. The number of sulfone groups is 1. The molecule has 7 nitrogen and oxygen atoms in total. The van der Waals surface area contributed by atoms with Gasteiger partial charge in [0.2, 0.25) is 5.88 Å². The summed E-state index contributed by atoms with van der Waals surface area (Å²) in [5, 5.41) is -0.738. The van der Waals surface area contributed by atoms with Crippen molar-refractivity contribution in [1.29, 1.82) is 0 Å². The fraction of sp³-hybridized carbons (Fsp3) is 0.556. The number of ether oxygens (including phenoxy) is 1. The average molecular weight is 260 g/mol. The third-order valence-corrected chi connectivity index (χ3v) is 4.13. The fourth-order valence-electron chi connectivity index (χ4n) is 1.39. The smallest absolute Gasteiger partial charge is 0.237 e. The monoisotopic (exact) mass is 260 g/mol. The lowest BCUT2D eigenvalue weighted by Gasteiger charge is -2.22. The second-order valence-electron chi connectivity index (χ2n) is 3.63. The van der Waals surface area contributed by atoms with E-state index in [1.54, 1.807) is 6.92 Å². The van der Waals surface area contributed by atoms with Gasteiger partial charge in [0.15, 0.2) is 9.84 Å². The van der Waals surface area contributed by atoms with Crippen LogP contribution in [0.4, 0.5) is 0 Å². The summed E-state index contributed by atoms with van der Waals surface area (Å²) < 4.78 is 28.1. The van der Waals surface area contributed by atoms with Gasteiger partial charge in [0.25, 0.3) is 0 Å². The zero-order chi connectivity index (χ0) is 13.1. The molecule has 0 amide bonds. The predicted octanol–water partition coefficient (Wildman–Crippen LogP) is -0.577. The molecule has 1 aromatic rings. The van der Waals surface area contributed by atoms with Crippen molar-refractivity contribution in [3.63, 3.8) is 0 Å². The third kappa shape index (κ3) is 3.11. The van der Waals surface area contributed by atoms with E-state index in [-0.39, 0.29) is 5.88 Å². The van der Waals surface area contributed by atoms with Crippen LogP contribution in [0.1, 0.15) is 18.7 Å². The van der Waals surface area contributed by atoms with Gasteiger partial charge in [-0.15, -0.1) is 0 Å². The Morgan fingerprint density at radius 3 is 2.47 bits per heavy atom. The van der Waals surface area contributed by atoms with Crippen LogP contribution in [0, 0.1) is 0 Å². The van der Waals surface area contributed by atoms with Gasteiger partial charge in [0.1, 0.15) is 5.69 Å². The van der Waals surface area contributed by atoms with Crippen LogP contribution in [0.2, 0.25) is 0 Å². The van der Waals surface area contributed by atoms with Crippen LogP contribution >= 0.6 is 0 Å². The maximum absolute atomic E-state index is 11.5. The highest BCUT2D eigenvalue weighted by Crippen LogP contribution is 2.25. The lowest BCUT2D eigenvalue weighted by Crippen LogP contribution is -2.39. The number of hydrogen-bond acceptors (Lipinski definition) is 7. The first-order valence-corrected chi connectivity index (χ1v) is 6.87. The number of hydrazine groups is 1. The molecule has 3 N–H and O–H groups in total. The SMILES string of the molecule is COc1nccnc1C(NN)C(C)S(C)(=O)=O. The standard InChI is InChI=1S/C9H16N4O3S/c1-6(17(3,14)15)7(13-10)8-9(16-2)12-5-4-11-8/h4-7,13H,10H2,1-3H3. The minimum absolute atomic E-state index is 0.256. The topological polar surface area (TPSA) is 107 Å². The summed E-state index contributed by atoms with van der Waals surface area (Å²) in [6, 6.07) is -0.673. The molecule has 0 aliphatic heterocycles. The van der Waals surface area contributed by atoms with Crippen LogP contribution in [0.25, 0.3) is 0 Å². The Hall–Kier alpha value is -1.25. The van der Waals surface area contributed by atoms with Crippen molar-refractivity contribution in [2.24, 2.45) is 5.84 Å². The predicted molar refractivity (Wildman–Crippen MR) is 63.0 cm³/mol. The van der Waals surface area contributed by atoms with Gasteiger partial charge in [-0.25, -0.2) is 18.8 Å². The summed E-state index contributed by atoms with van der Waals surface area (Å²) >= 11 is 0. The van der Waals surface area contributed by atoms with Gasteiger partial charge in [-0.1, -0.05) is 0 Å². The summed E-state index contributed by atoms with van der Waals surface area (Å²) in [5.41, 5.74) is 2.81. The van der Waals surface area contributed by atoms with Crippen LogP contribution in [-0.2, 0) is 9.84 Å². The number of rotatable bonds is 5. The highest BCUT2D eigenvalue weighted by Gasteiger charge is 2.30. The van der Waals surface area contributed by atoms with Crippen LogP contribution in [0.5, 0.6) is 5.88 Å². The quantitative estimate of drug-likeness (QED) is 0.539. The number of hydrogen-bond donors (Lipinski definition) is 2. The van der Waals surface area contributed by atoms with Crippen molar-refractivity contribution in [2.45, 2.75) is 18.2 Å². The lowest BCUT2D eigenvalue weighted by molar-refractivity contribution is 0.375. The van der Waals surface area contributed by atoms with E-state index in [0.717, 1.165) is 6.26 Å². The molecule has 8 heteroatoms. The molecule has 1 heterocycles. The number of aromatic nitrogens is 2. The first-order chi connectivity index (χ1) is 7.91. The second-order valence-corrected chi connectivity index (χ2v) is 6.03. The maximum atomic E-state index is 11.5. The molecule has 1 rings (SSSR count). The summed E-state index contributed by atoms with van der Waals surface area (Å²) in [6.07, 6.45) is 4.06. The normalized spacial score (nSPS) is 15.3. The minimum Gasteiger partial charge on any atom is -0.480 e. The molecular formula is C9H16N4O3S. The number of nitrogens with one attached hydrogen (secondary N) is 1. The van der Waals surface area contributed by atoms with Crippen LogP contribution in [0.15, 0.2) is 12.4 Å². The zero-order valence-electron chi connectivity index (χ0n) is 9.91. The molecule has 0 aliphatic carbocycles. The molecule has 96 valence electrons. The molecule has 0 fully saturated rings. The zero-order valence-corrected chi connectivity index (χ0v) is 10.7. The maximum Gasteiger partial charge on any atom is 0.237 e. The van der Waals surface area contributed by atoms with Gasteiger partial charge < -0.3 is 4.74 Å². The van der Waals surface area contributed by atoms with Crippen molar-refractivity contribution in [1.82, 2.24) is 15.4 Å². The Kier molecular flexibility index (Phi) is 4.38. The Bertz CT molecular complexity index is 477. The molecule has 0 spiro atoms. The molecule has 0 saturated heterocycles. The fourth-order valence-corrected chi connectivity index (χ4v) is 2.09. The molecule has 0 aliphatic rings. The first kappa shape index (κ1) is 13.8. The van der Waals surface area contributed by atoms with Gasteiger partial charge in [-0.05, 0) is 6.92 Å². The largest absolute Gasteiger partial charge is 0.480 e. The van der Waals surface area contributed by atoms with E-state index in [1.165, 1.54) is 19.5 Å². The summed E-state index contributed by atoms with van der Waals surface area (Å²) in [6.45, 7) is 1.55. The van der Waals surface area contributed by atoms with E-state index in [9.17, 15) is 8.42 Å². The average Bonchev–Trinajstić information content (AvgIpc) is 2.29. The van der Waals surface area contributed by atoms with Gasteiger partial charge in [-0.2, -0.15) is 0 Å². The summed E-state index contributed by atoms with van der Waals surface area (Å²) in [4.78, 5) is 8.02. The van der Waals surface area contributed by atoms with Crippen molar-refractivity contribution >= 4 is 9.84 Å². The first-order valence-electron chi connectivity index (χ1n) is 4.91. The van der Waals surface area contributed by atoms with Gasteiger partial charge in [-0.3, -0.25) is 10.8 Å². The Morgan fingerprint density at radius 2 is 2.00 bits per heavy atom. The van der Waals surface area contributed by atoms with Crippen LogP contribution in [0.3, 0.4) is 0 Å². The van der Waals surface area contributed by atoms with E-state index in [4.69, 9.17) is 10.6 Å². The van der Waals surface area contributed by atoms with Gasteiger partial charge in [0.05, 0.1) is 18.4 Å². The molecule has 2 atom stereocenters. The molecule has 1 aromatic heterocycles. The second kappa shape index (κ2) is 5.39. The van der Waals surface area contributed by atoms with E-state index in [1.807, 2.05) is 0 Å². The highest BCUT2D eigenvalue weighted by atomic mass is 32.2. The van der Waals surface area contributed by atoms with Crippen molar-refractivity contribution in [3.05, 3.63) is 18.1 Å². The third-order valence-electron chi connectivity index (χ3n) is 2.50. The molecule has 0 radical (unpaired) electrons.